The van der Waals surface area contributed by atoms with Gasteiger partial charge >= 0.3 is 0 Å². The molecule has 0 saturated carbocycles. The number of fused-ring (bicyclic) bond motifs is 4. The van der Waals surface area contributed by atoms with Gasteiger partial charge in [0.05, 0.1) is 11.0 Å². The van der Waals surface area contributed by atoms with Gasteiger partial charge < -0.3 is 4.90 Å². The molecule has 0 N–H and O–H groups in total. The number of hydrogen-bond acceptors (Lipinski definition) is 2. The van der Waals surface area contributed by atoms with E-state index in [9.17, 15) is 0 Å². The van der Waals surface area contributed by atoms with Crippen molar-refractivity contribution in [1.82, 2.24) is 9.55 Å². The largest absolute Gasteiger partial charge is 0.311 e. The molecule has 8 rings (SSSR count). The Bertz CT molecular complexity index is 2430. The first-order valence-corrected chi connectivity index (χ1v) is 19.5. The zero-order valence-electron chi connectivity index (χ0n) is 34.5. The van der Waals surface area contributed by atoms with Crippen LogP contribution in [0, 0.1) is 13.8 Å². The Kier molecular flexibility index (Phi) is 7.67. The Labute approximate surface area is 318 Å². The van der Waals surface area contributed by atoms with E-state index in [0.717, 1.165) is 11.3 Å². The van der Waals surface area contributed by atoms with Gasteiger partial charge in [0.25, 0.3) is 6.71 Å². The third-order valence-electron chi connectivity index (χ3n) is 11.9. The molecule has 0 fully saturated rings. The van der Waals surface area contributed by atoms with Crippen LogP contribution in [0.2, 0.25) is 0 Å². The van der Waals surface area contributed by atoms with E-state index in [1.165, 1.54) is 83.6 Å². The number of aryl methyl sites for hydroxylation is 2. The Morgan fingerprint density at radius 1 is 0.509 bits per heavy atom. The maximum Gasteiger partial charge on any atom is 0.252 e. The van der Waals surface area contributed by atoms with Gasteiger partial charge in [0, 0.05) is 28.3 Å². The van der Waals surface area contributed by atoms with Gasteiger partial charge in [-0.1, -0.05) is 132 Å². The SMILES string of the molecule is Cc1cc(C(C)(C)C)cc(C)c1-c1nc2cc(C(C)(C)C)cc3c2n1-c1cccc2c1B3c1ccc(C(C)(C)C)cc1N2c1ccc(C(C)(C)C)cc1. The minimum absolute atomic E-state index is 0.0106. The highest BCUT2D eigenvalue weighted by molar-refractivity contribution is 7.00. The van der Waals surface area contributed by atoms with Gasteiger partial charge in [-0.05, 0) is 122 Å². The molecule has 0 unspecified atom stereocenters. The molecule has 2 aliphatic heterocycles. The van der Waals surface area contributed by atoms with E-state index in [1.807, 2.05) is 0 Å². The average molecular weight is 698 g/mol. The van der Waals surface area contributed by atoms with Crippen LogP contribution in [-0.2, 0) is 21.7 Å². The Morgan fingerprint density at radius 3 is 1.64 bits per heavy atom. The van der Waals surface area contributed by atoms with Crippen molar-refractivity contribution in [2.45, 2.75) is 119 Å². The molecule has 6 aromatic rings. The highest BCUT2D eigenvalue weighted by Gasteiger charge is 2.43. The van der Waals surface area contributed by atoms with E-state index < -0.39 is 0 Å². The summed E-state index contributed by atoms with van der Waals surface area (Å²) in [7, 11) is 0. The van der Waals surface area contributed by atoms with Gasteiger partial charge in [-0.25, -0.2) is 4.98 Å². The average Bonchev–Trinajstić information content (AvgIpc) is 3.43. The van der Waals surface area contributed by atoms with Crippen molar-refractivity contribution < 1.29 is 0 Å². The number of hydrogen-bond donors (Lipinski definition) is 0. The van der Waals surface area contributed by atoms with E-state index >= 15 is 0 Å². The van der Waals surface area contributed by atoms with Gasteiger partial charge in [0.1, 0.15) is 5.82 Å². The van der Waals surface area contributed by atoms with Gasteiger partial charge in [-0.15, -0.1) is 0 Å². The summed E-state index contributed by atoms with van der Waals surface area (Å²) in [5.74, 6) is 1.03. The van der Waals surface area contributed by atoms with Crippen molar-refractivity contribution in [3.05, 3.63) is 118 Å². The second-order valence-corrected chi connectivity index (χ2v) is 20.0. The van der Waals surface area contributed by atoms with Gasteiger partial charge in [0.15, 0.2) is 0 Å². The van der Waals surface area contributed by atoms with E-state index in [0.29, 0.717) is 0 Å². The molecule has 0 aliphatic carbocycles. The van der Waals surface area contributed by atoms with E-state index in [-0.39, 0.29) is 28.4 Å². The zero-order valence-corrected chi connectivity index (χ0v) is 34.5. The van der Waals surface area contributed by atoms with Crippen LogP contribution in [0.4, 0.5) is 17.1 Å². The fourth-order valence-electron chi connectivity index (χ4n) is 8.72. The maximum absolute atomic E-state index is 5.62. The molecule has 3 nitrogen and oxygen atoms in total. The molecule has 2 aliphatic rings. The van der Waals surface area contributed by atoms with Crippen molar-refractivity contribution in [2.75, 3.05) is 4.90 Å². The molecule has 5 aromatic carbocycles. The van der Waals surface area contributed by atoms with Crippen LogP contribution in [0.5, 0.6) is 0 Å². The lowest BCUT2D eigenvalue weighted by Crippen LogP contribution is -2.60. The smallest absolute Gasteiger partial charge is 0.252 e. The van der Waals surface area contributed by atoms with Crippen LogP contribution >= 0.6 is 0 Å². The Hall–Kier alpha value is -4.57. The number of imidazole rings is 1. The first-order valence-electron chi connectivity index (χ1n) is 19.5. The standard InChI is InChI=1S/C49H56BN3/c1-29-24-33(48(9,10)11)25-30(2)42(29)45-51-38-27-34(49(12,13)14)26-37-44(38)53(45)40-17-15-16-39-43(40)50(37)36-23-20-32(47(6,7)8)28-41(36)52(39)35-21-18-31(19-22-35)46(3,4)5/h15-28H,1-14H3. The summed E-state index contributed by atoms with van der Waals surface area (Å²) in [5.41, 5.74) is 20.5. The molecule has 3 heterocycles. The third-order valence-corrected chi connectivity index (χ3v) is 11.9. The van der Waals surface area contributed by atoms with Crippen LogP contribution in [0.15, 0.2) is 84.9 Å². The molecule has 0 saturated heterocycles. The minimum atomic E-state index is -0.0386. The van der Waals surface area contributed by atoms with Gasteiger partial charge in [-0.3, -0.25) is 4.57 Å². The van der Waals surface area contributed by atoms with Crippen molar-refractivity contribution >= 4 is 51.2 Å². The highest BCUT2D eigenvalue weighted by Crippen LogP contribution is 2.44. The van der Waals surface area contributed by atoms with Gasteiger partial charge in [-0.2, -0.15) is 0 Å². The van der Waals surface area contributed by atoms with E-state index in [4.69, 9.17) is 4.98 Å². The predicted molar refractivity (Wildman–Crippen MR) is 230 cm³/mol. The molecule has 0 bridgehead atoms. The van der Waals surface area contributed by atoms with Crippen LogP contribution in [0.1, 0.15) is 116 Å². The van der Waals surface area contributed by atoms with Gasteiger partial charge in [0.2, 0.25) is 0 Å². The predicted octanol–water partition coefficient (Wildman–Crippen LogP) is 11.1. The number of nitrogens with zero attached hydrogens (tertiary/aromatic N) is 3. The summed E-state index contributed by atoms with van der Waals surface area (Å²) in [6.07, 6.45) is 0. The topological polar surface area (TPSA) is 21.1 Å². The molecular formula is C49H56BN3. The lowest BCUT2D eigenvalue weighted by Gasteiger charge is -2.41. The maximum atomic E-state index is 5.62. The molecule has 53 heavy (non-hydrogen) atoms. The van der Waals surface area contributed by atoms with Crippen molar-refractivity contribution in [3.63, 3.8) is 0 Å². The summed E-state index contributed by atoms with van der Waals surface area (Å²) >= 11 is 0. The number of rotatable bonds is 2. The second-order valence-electron chi connectivity index (χ2n) is 20.0. The van der Waals surface area contributed by atoms with Crippen LogP contribution in [-0.4, -0.2) is 16.3 Å². The normalized spacial score (nSPS) is 14.2. The van der Waals surface area contributed by atoms with Crippen LogP contribution < -0.4 is 21.3 Å². The fraction of sp³-hybridized carbons (Fsp3) is 0.367. The highest BCUT2D eigenvalue weighted by atomic mass is 15.2. The van der Waals surface area contributed by atoms with Crippen molar-refractivity contribution in [3.8, 4) is 17.1 Å². The molecular weight excluding hydrogens is 641 g/mol. The fourth-order valence-corrected chi connectivity index (χ4v) is 8.72. The first-order chi connectivity index (χ1) is 24.6. The number of aromatic nitrogens is 2. The van der Waals surface area contributed by atoms with E-state index in [1.54, 1.807) is 0 Å². The summed E-state index contributed by atoms with van der Waals surface area (Å²) in [4.78, 5) is 8.16. The lowest BCUT2D eigenvalue weighted by molar-refractivity contribution is 0.589. The molecule has 4 heteroatoms. The monoisotopic (exact) mass is 697 g/mol. The lowest BCUT2D eigenvalue weighted by atomic mass is 9.33. The molecule has 1 aromatic heterocycles. The zero-order chi connectivity index (χ0) is 38.2. The van der Waals surface area contributed by atoms with Crippen LogP contribution in [0.3, 0.4) is 0 Å². The summed E-state index contributed by atoms with van der Waals surface area (Å²) < 4.78 is 2.51. The molecule has 0 atom stereocenters. The molecule has 0 spiro atoms. The van der Waals surface area contributed by atoms with Crippen LogP contribution in [0.25, 0.3) is 28.1 Å². The van der Waals surface area contributed by atoms with Crippen molar-refractivity contribution in [1.29, 1.82) is 0 Å². The number of anilines is 3. The molecule has 0 radical (unpaired) electrons. The van der Waals surface area contributed by atoms with E-state index in [2.05, 4.69) is 191 Å². The summed E-state index contributed by atoms with van der Waals surface area (Å²) in [6.45, 7) is 32.3. The summed E-state index contributed by atoms with van der Waals surface area (Å²) in [6, 6.07) is 33.1. The van der Waals surface area contributed by atoms with Crippen molar-refractivity contribution in [2.24, 2.45) is 0 Å². The quantitative estimate of drug-likeness (QED) is 0.168. The third kappa shape index (κ3) is 5.58. The minimum Gasteiger partial charge on any atom is -0.311 e. The summed E-state index contributed by atoms with van der Waals surface area (Å²) in [5, 5.41) is 0. The first kappa shape index (κ1) is 35.5. The molecule has 270 valence electrons. The second kappa shape index (κ2) is 11.5. The molecule has 0 amide bonds. The Morgan fingerprint density at radius 2 is 1.06 bits per heavy atom. The number of benzene rings is 5. The Balaban J connectivity index is 1.49.